The lowest BCUT2D eigenvalue weighted by Gasteiger charge is -2.25. The number of hydrogen-bond acceptors (Lipinski definition) is 3. The van der Waals surface area contributed by atoms with E-state index in [1.807, 2.05) is 47.6 Å². The second-order valence-electron chi connectivity index (χ2n) is 6.92. The topological polar surface area (TPSA) is 34.5 Å². The molecule has 27 heavy (non-hydrogen) atoms. The first-order chi connectivity index (χ1) is 13.3. The lowest BCUT2D eigenvalue weighted by molar-refractivity contribution is -0.132. The van der Waals surface area contributed by atoms with Crippen LogP contribution in [-0.4, -0.2) is 34.6 Å². The van der Waals surface area contributed by atoms with Crippen LogP contribution in [0.1, 0.15) is 23.3 Å². The van der Waals surface area contributed by atoms with E-state index in [2.05, 4.69) is 28.1 Å². The van der Waals surface area contributed by atoms with Crippen molar-refractivity contribution in [3.8, 4) is 5.69 Å². The first-order valence-electron chi connectivity index (χ1n) is 9.42. The number of thiophene rings is 1. The summed E-state index contributed by atoms with van der Waals surface area (Å²) < 4.78 is 7.83. The molecule has 1 atom stereocenters. The third-order valence-electron chi connectivity index (χ3n) is 4.92. The zero-order valence-corrected chi connectivity index (χ0v) is 16.1. The van der Waals surface area contributed by atoms with Gasteiger partial charge >= 0.3 is 0 Å². The smallest absolute Gasteiger partial charge is 0.227 e. The largest absolute Gasteiger partial charge is 0.376 e. The van der Waals surface area contributed by atoms with Crippen LogP contribution in [0.25, 0.3) is 5.69 Å². The van der Waals surface area contributed by atoms with Crippen molar-refractivity contribution < 1.29 is 9.53 Å². The molecule has 1 aromatic carbocycles. The SMILES string of the molecule is O=C(Cc1ccc(-n2cccc2)cc1)N(Cc1cccs1)CC1CCCO1. The van der Waals surface area contributed by atoms with E-state index in [1.165, 1.54) is 4.88 Å². The van der Waals surface area contributed by atoms with Gasteiger partial charge in [-0.15, -0.1) is 11.3 Å². The van der Waals surface area contributed by atoms with Crippen molar-refractivity contribution in [2.75, 3.05) is 13.2 Å². The van der Waals surface area contributed by atoms with Crippen LogP contribution in [-0.2, 0) is 22.5 Å². The molecule has 1 aliphatic heterocycles. The Labute approximate surface area is 164 Å². The standard InChI is InChI=1S/C22H24N2O2S/c25-22(15-18-7-9-19(10-8-18)23-11-1-2-12-23)24(16-20-5-3-13-26-20)17-21-6-4-14-27-21/h1-2,4,6-12,14,20H,3,5,13,15-17H2. The van der Waals surface area contributed by atoms with E-state index in [0.717, 1.165) is 30.7 Å². The van der Waals surface area contributed by atoms with Crippen molar-refractivity contribution in [3.63, 3.8) is 0 Å². The summed E-state index contributed by atoms with van der Waals surface area (Å²) in [6, 6.07) is 16.3. The summed E-state index contributed by atoms with van der Waals surface area (Å²) in [4.78, 5) is 16.2. The third kappa shape index (κ3) is 4.67. The van der Waals surface area contributed by atoms with Crippen LogP contribution in [0.3, 0.4) is 0 Å². The van der Waals surface area contributed by atoms with Crippen LogP contribution < -0.4 is 0 Å². The lowest BCUT2D eigenvalue weighted by Crippen LogP contribution is -2.37. The maximum absolute atomic E-state index is 13.0. The summed E-state index contributed by atoms with van der Waals surface area (Å²) >= 11 is 1.70. The van der Waals surface area contributed by atoms with Gasteiger partial charge < -0.3 is 14.2 Å². The maximum atomic E-state index is 13.0. The fourth-order valence-corrected chi connectivity index (χ4v) is 4.18. The highest BCUT2D eigenvalue weighted by molar-refractivity contribution is 7.09. The average Bonchev–Trinajstić information content (AvgIpc) is 3.45. The molecule has 0 radical (unpaired) electrons. The summed E-state index contributed by atoms with van der Waals surface area (Å²) in [5.41, 5.74) is 2.14. The van der Waals surface area contributed by atoms with Crippen molar-refractivity contribution >= 4 is 17.2 Å². The number of carbonyl (C=O) groups is 1. The van der Waals surface area contributed by atoms with Crippen LogP contribution in [0.5, 0.6) is 0 Å². The van der Waals surface area contributed by atoms with E-state index in [0.29, 0.717) is 19.5 Å². The third-order valence-corrected chi connectivity index (χ3v) is 5.78. The van der Waals surface area contributed by atoms with Crippen molar-refractivity contribution in [3.05, 3.63) is 76.7 Å². The predicted octanol–water partition coefficient (Wildman–Crippen LogP) is 4.29. The monoisotopic (exact) mass is 380 g/mol. The highest BCUT2D eigenvalue weighted by Gasteiger charge is 2.23. The number of ether oxygens (including phenoxy) is 1. The Morgan fingerprint density at radius 3 is 2.63 bits per heavy atom. The molecule has 0 N–H and O–H groups in total. The molecular weight excluding hydrogens is 356 g/mol. The van der Waals surface area contributed by atoms with E-state index < -0.39 is 0 Å². The molecule has 4 rings (SSSR count). The Kier molecular flexibility index (Phi) is 5.70. The lowest BCUT2D eigenvalue weighted by atomic mass is 10.1. The molecule has 1 aliphatic rings. The number of rotatable bonds is 7. The molecule has 1 amide bonds. The normalized spacial score (nSPS) is 16.5. The highest BCUT2D eigenvalue weighted by Crippen LogP contribution is 2.19. The van der Waals surface area contributed by atoms with Gasteiger partial charge in [-0.2, -0.15) is 0 Å². The summed E-state index contributed by atoms with van der Waals surface area (Å²) in [6.07, 6.45) is 6.76. The quantitative estimate of drug-likeness (QED) is 0.613. The minimum absolute atomic E-state index is 0.160. The second-order valence-corrected chi connectivity index (χ2v) is 7.95. The Hall–Kier alpha value is -2.37. The summed E-state index contributed by atoms with van der Waals surface area (Å²) in [5, 5.41) is 2.06. The van der Waals surface area contributed by atoms with Gasteiger partial charge in [-0.25, -0.2) is 0 Å². The highest BCUT2D eigenvalue weighted by atomic mass is 32.1. The molecule has 1 saturated heterocycles. The van der Waals surface area contributed by atoms with E-state index in [4.69, 9.17) is 4.74 Å². The average molecular weight is 381 g/mol. The van der Waals surface area contributed by atoms with E-state index in [9.17, 15) is 4.79 Å². The first kappa shape index (κ1) is 18.0. The Bertz CT molecular complexity index is 835. The van der Waals surface area contributed by atoms with Gasteiger partial charge in [-0.05, 0) is 54.1 Å². The van der Waals surface area contributed by atoms with Crippen molar-refractivity contribution in [1.29, 1.82) is 0 Å². The first-order valence-corrected chi connectivity index (χ1v) is 10.3. The minimum atomic E-state index is 0.160. The van der Waals surface area contributed by atoms with Gasteiger partial charge in [0.05, 0.1) is 19.1 Å². The van der Waals surface area contributed by atoms with Crippen LogP contribution >= 0.6 is 11.3 Å². The van der Waals surface area contributed by atoms with Crippen molar-refractivity contribution in [2.45, 2.75) is 31.9 Å². The zero-order chi connectivity index (χ0) is 18.5. The molecule has 0 aliphatic carbocycles. The van der Waals surface area contributed by atoms with Gasteiger partial charge in [0.1, 0.15) is 0 Å². The van der Waals surface area contributed by atoms with E-state index in [-0.39, 0.29) is 12.0 Å². The Balaban J connectivity index is 1.43. The Morgan fingerprint density at radius 2 is 1.96 bits per heavy atom. The van der Waals surface area contributed by atoms with Gasteiger partial charge in [0.25, 0.3) is 0 Å². The number of carbonyl (C=O) groups excluding carboxylic acids is 1. The summed E-state index contributed by atoms with van der Waals surface area (Å²) in [5.74, 6) is 0.160. The number of amides is 1. The minimum Gasteiger partial charge on any atom is -0.376 e. The molecule has 0 bridgehead atoms. The molecule has 0 saturated carbocycles. The fourth-order valence-electron chi connectivity index (χ4n) is 3.46. The molecule has 5 heteroatoms. The van der Waals surface area contributed by atoms with Gasteiger partial charge in [-0.1, -0.05) is 18.2 Å². The molecule has 4 nitrogen and oxygen atoms in total. The molecule has 2 aromatic heterocycles. The van der Waals surface area contributed by atoms with Crippen LogP contribution in [0.2, 0.25) is 0 Å². The van der Waals surface area contributed by atoms with Gasteiger partial charge in [0, 0.05) is 36.1 Å². The number of nitrogens with zero attached hydrogens (tertiary/aromatic N) is 2. The molecule has 1 unspecified atom stereocenters. The maximum Gasteiger partial charge on any atom is 0.227 e. The zero-order valence-electron chi connectivity index (χ0n) is 15.3. The second kappa shape index (κ2) is 8.55. The number of hydrogen-bond donors (Lipinski definition) is 0. The summed E-state index contributed by atoms with van der Waals surface area (Å²) in [7, 11) is 0. The number of aromatic nitrogens is 1. The van der Waals surface area contributed by atoms with Gasteiger partial charge in [0.2, 0.25) is 5.91 Å². The fraction of sp³-hybridized carbons (Fsp3) is 0.318. The molecule has 3 heterocycles. The van der Waals surface area contributed by atoms with Crippen LogP contribution in [0, 0.1) is 0 Å². The van der Waals surface area contributed by atoms with Crippen molar-refractivity contribution in [1.82, 2.24) is 9.47 Å². The molecule has 1 fully saturated rings. The molecule has 3 aromatic rings. The number of benzene rings is 1. The molecule has 140 valence electrons. The van der Waals surface area contributed by atoms with E-state index in [1.54, 1.807) is 11.3 Å². The molecule has 0 spiro atoms. The Morgan fingerprint density at radius 1 is 1.15 bits per heavy atom. The van der Waals surface area contributed by atoms with Crippen molar-refractivity contribution in [2.24, 2.45) is 0 Å². The van der Waals surface area contributed by atoms with E-state index >= 15 is 0 Å². The van der Waals surface area contributed by atoms with Gasteiger partial charge in [-0.3, -0.25) is 4.79 Å². The predicted molar refractivity (Wildman–Crippen MR) is 108 cm³/mol. The summed E-state index contributed by atoms with van der Waals surface area (Å²) in [6.45, 7) is 2.16. The van der Waals surface area contributed by atoms with Crippen LogP contribution in [0.4, 0.5) is 0 Å². The molecular formula is C22H24N2O2S. The van der Waals surface area contributed by atoms with Crippen LogP contribution in [0.15, 0.2) is 66.3 Å². The van der Waals surface area contributed by atoms with Gasteiger partial charge in [0.15, 0.2) is 0 Å².